The maximum Gasteiger partial charge on any atom is 0.416 e. The Hall–Kier alpha value is -2.48. The fourth-order valence-corrected chi connectivity index (χ4v) is 2.82. The van der Waals surface area contributed by atoms with Crippen molar-refractivity contribution in [3.05, 3.63) is 63.0 Å². The molecular formula is C15H10F3N3OS. The Kier molecular flexibility index (Phi) is 3.77. The van der Waals surface area contributed by atoms with E-state index in [0.717, 1.165) is 16.8 Å². The fraction of sp³-hybridized carbons (Fsp3) is 0.133. The third-order valence-corrected chi connectivity index (χ3v) is 4.00. The zero-order valence-electron chi connectivity index (χ0n) is 11.8. The van der Waals surface area contributed by atoms with Crippen LogP contribution < -0.4 is 5.56 Å². The highest BCUT2D eigenvalue weighted by atomic mass is 32.1. The van der Waals surface area contributed by atoms with Gasteiger partial charge in [0.1, 0.15) is 10.7 Å². The van der Waals surface area contributed by atoms with Crippen LogP contribution >= 0.6 is 11.3 Å². The first-order chi connectivity index (χ1) is 10.9. The van der Waals surface area contributed by atoms with Crippen molar-refractivity contribution >= 4 is 27.8 Å². The van der Waals surface area contributed by atoms with Gasteiger partial charge in [0.15, 0.2) is 0 Å². The Morgan fingerprint density at radius 3 is 2.57 bits per heavy atom. The van der Waals surface area contributed by atoms with Gasteiger partial charge < -0.3 is 0 Å². The van der Waals surface area contributed by atoms with Crippen molar-refractivity contribution < 1.29 is 13.2 Å². The number of hydrogen-bond donors (Lipinski definition) is 0. The molecule has 2 heterocycles. The quantitative estimate of drug-likeness (QED) is 0.670. The zero-order valence-corrected chi connectivity index (χ0v) is 12.6. The molecule has 0 N–H and O–H groups in total. The summed E-state index contributed by atoms with van der Waals surface area (Å²) in [5.41, 5.74) is -0.587. The molecule has 3 rings (SSSR count). The summed E-state index contributed by atoms with van der Waals surface area (Å²) >= 11 is 1.36. The Morgan fingerprint density at radius 1 is 1.22 bits per heavy atom. The van der Waals surface area contributed by atoms with Gasteiger partial charge in [-0.25, -0.2) is 4.98 Å². The standard InChI is InChI=1S/C15H10F3N3OS/c1-9-20-13-12(6-7-23-13)14(22)21(9)19-8-10-2-4-11(5-3-10)15(16,17)18/h2-8H,1H3/b19-8-. The first-order valence-electron chi connectivity index (χ1n) is 6.55. The monoisotopic (exact) mass is 337 g/mol. The van der Waals surface area contributed by atoms with Crippen molar-refractivity contribution in [2.45, 2.75) is 13.1 Å². The molecule has 4 nitrogen and oxygen atoms in total. The molecule has 0 atom stereocenters. The second kappa shape index (κ2) is 5.62. The minimum Gasteiger partial charge on any atom is -0.267 e. The van der Waals surface area contributed by atoms with Gasteiger partial charge in [0.05, 0.1) is 17.2 Å². The molecule has 0 fully saturated rings. The number of fused-ring (bicyclic) bond motifs is 1. The average Bonchev–Trinajstić information content (AvgIpc) is 2.95. The smallest absolute Gasteiger partial charge is 0.267 e. The maximum absolute atomic E-state index is 12.5. The molecule has 0 bridgehead atoms. The van der Waals surface area contributed by atoms with Crippen molar-refractivity contribution in [2.24, 2.45) is 5.10 Å². The molecule has 0 aliphatic rings. The number of benzene rings is 1. The Morgan fingerprint density at radius 2 is 1.91 bits per heavy atom. The molecule has 1 aromatic carbocycles. The van der Waals surface area contributed by atoms with Crippen LogP contribution in [0, 0.1) is 6.92 Å². The molecule has 0 amide bonds. The van der Waals surface area contributed by atoms with Crippen LogP contribution in [0.1, 0.15) is 17.0 Å². The lowest BCUT2D eigenvalue weighted by Crippen LogP contribution is -2.19. The summed E-state index contributed by atoms with van der Waals surface area (Å²) in [6.07, 6.45) is -3.05. The second-order valence-electron chi connectivity index (χ2n) is 4.78. The van der Waals surface area contributed by atoms with Gasteiger partial charge in [-0.3, -0.25) is 4.79 Å². The lowest BCUT2D eigenvalue weighted by Gasteiger charge is -2.06. The number of aromatic nitrogens is 2. The first-order valence-corrected chi connectivity index (χ1v) is 7.43. The summed E-state index contributed by atoms with van der Waals surface area (Å²) in [6, 6.07) is 6.19. The molecule has 118 valence electrons. The Balaban J connectivity index is 1.95. The average molecular weight is 337 g/mol. The van der Waals surface area contributed by atoms with Gasteiger partial charge in [-0.15, -0.1) is 11.3 Å². The summed E-state index contributed by atoms with van der Waals surface area (Å²) in [5, 5.41) is 6.27. The van der Waals surface area contributed by atoms with Gasteiger partial charge in [-0.05, 0) is 36.1 Å². The van der Waals surface area contributed by atoms with Crippen molar-refractivity contribution in [1.29, 1.82) is 0 Å². The van der Waals surface area contributed by atoms with Crippen LogP contribution in [-0.4, -0.2) is 15.9 Å². The van der Waals surface area contributed by atoms with Gasteiger partial charge in [0.25, 0.3) is 5.56 Å². The van der Waals surface area contributed by atoms with Crippen LogP contribution in [0.3, 0.4) is 0 Å². The van der Waals surface area contributed by atoms with Crippen molar-refractivity contribution in [3.8, 4) is 0 Å². The van der Waals surface area contributed by atoms with Gasteiger partial charge in [-0.2, -0.15) is 22.9 Å². The van der Waals surface area contributed by atoms with Crippen LogP contribution in [0.2, 0.25) is 0 Å². The van der Waals surface area contributed by atoms with Crippen molar-refractivity contribution in [2.75, 3.05) is 0 Å². The Labute approximate surface area is 132 Å². The third kappa shape index (κ3) is 3.02. The van der Waals surface area contributed by atoms with Crippen LogP contribution in [0.25, 0.3) is 10.2 Å². The summed E-state index contributed by atoms with van der Waals surface area (Å²) in [4.78, 5) is 17.2. The number of aryl methyl sites for hydroxylation is 1. The second-order valence-corrected chi connectivity index (χ2v) is 5.67. The lowest BCUT2D eigenvalue weighted by atomic mass is 10.1. The van der Waals surface area contributed by atoms with E-state index in [1.165, 1.54) is 29.7 Å². The molecule has 0 radical (unpaired) electrons. The van der Waals surface area contributed by atoms with Crippen LogP contribution in [-0.2, 0) is 6.18 Å². The molecule has 23 heavy (non-hydrogen) atoms. The lowest BCUT2D eigenvalue weighted by molar-refractivity contribution is -0.137. The number of halogens is 3. The van der Waals surface area contributed by atoms with E-state index in [1.807, 2.05) is 0 Å². The largest absolute Gasteiger partial charge is 0.416 e. The number of thiophene rings is 1. The highest BCUT2D eigenvalue weighted by molar-refractivity contribution is 7.16. The fourth-order valence-electron chi connectivity index (χ4n) is 2.02. The molecule has 0 spiro atoms. The topological polar surface area (TPSA) is 47.2 Å². The van der Waals surface area contributed by atoms with Crippen LogP contribution in [0.4, 0.5) is 13.2 Å². The maximum atomic E-state index is 12.5. The number of alkyl halides is 3. The van der Waals surface area contributed by atoms with E-state index < -0.39 is 11.7 Å². The molecular weight excluding hydrogens is 327 g/mol. The molecule has 0 aliphatic carbocycles. The minimum atomic E-state index is -4.38. The third-order valence-electron chi connectivity index (χ3n) is 3.20. The van der Waals surface area contributed by atoms with Gasteiger partial charge in [0, 0.05) is 0 Å². The van der Waals surface area contributed by atoms with E-state index in [9.17, 15) is 18.0 Å². The van der Waals surface area contributed by atoms with Gasteiger partial charge in [0.2, 0.25) is 0 Å². The molecule has 2 aromatic heterocycles. The highest BCUT2D eigenvalue weighted by Crippen LogP contribution is 2.28. The van der Waals surface area contributed by atoms with Crippen LogP contribution in [0.15, 0.2) is 45.6 Å². The van der Waals surface area contributed by atoms with E-state index in [-0.39, 0.29) is 5.56 Å². The van der Waals surface area contributed by atoms with Crippen molar-refractivity contribution in [3.63, 3.8) is 0 Å². The van der Waals surface area contributed by atoms with Gasteiger partial charge in [-0.1, -0.05) is 12.1 Å². The molecule has 0 saturated heterocycles. The number of nitrogens with zero attached hydrogens (tertiary/aromatic N) is 3. The predicted molar refractivity (Wildman–Crippen MR) is 83.1 cm³/mol. The SMILES string of the molecule is Cc1nc2sccc2c(=O)n1/N=C\c1ccc(C(F)(F)F)cc1. The summed E-state index contributed by atoms with van der Waals surface area (Å²) in [6.45, 7) is 1.64. The van der Waals surface area contributed by atoms with Crippen LogP contribution in [0.5, 0.6) is 0 Å². The molecule has 0 unspecified atom stereocenters. The number of rotatable bonds is 2. The van der Waals surface area contributed by atoms with E-state index in [4.69, 9.17) is 0 Å². The molecule has 3 aromatic rings. The minimum absolute atomic E-state index is 0.308. The van der Waals surface area contributed by atoms with E-state index in [2.05, 4.69) is 10.1 Å². The molecule has 8 heteroatoms. The van der Waals surface area contributed by atoms with Gasteiger partial charge >= 0.3 is 6.18 Å². The number of hydrogen-bond acceptors (Lipinski definition) is 4. The van der Waals surface area contributed by atoms with E-state index >= 15 is 0 Å². The molecule has 0 aliphatic heterocycles. The summed E-state index contributed by atoms with van der Waals surface area (Å²) in [5.74, 6) is 0.410. The first kappa shape index (κ1) is 15.4. The summed E-state index contributed by atoms with van der Waals surface area (Å²) in [7, 11) is 0. The summed E-state index contributed by atoms with van der Waals surface area (Å²) < 4.78 is 38.7. The zero-order chi connectivity index (χ0) is 16.6. The molecule has 0 saturated carbocycles. The predicted octanol–water partition coefficient (Wildman–Crippen LogP) is 3.67. The normalized spacial score (nSPS) is 12.3. The highest BCUT2D eigenvalue weighted by Gasteiger charge is 2.29. The van der Waals surface area contributed by atoms with E-state index in [1.54, 1.807) is 18.4 Å². The Bertz CT molecular complexity index is 939. The van der Waals surface area contributed by atoms with E-state index in [0.29, 0.717) is 21.6 Å². The van der Waals surface area contributed by atoms with Crippen molar-refractivity contribution in [1.82, 2.24) is 9.66 Å².